The average Bonchev–Trinajstić information content (AvgIpc) is 3.80. The molecular weight excluding hydrogens is 811 g/mol. The summed E-state index contributed by atoms with van der Waals surface area (Å²) in [5.41, 5.74) is 7.60. The van der Waals surface area contributed by atoms with Gasteiger partial charge in [0.25, 0.3) is 0 Å². The van der Waals surface area contributed by atoms with Gasteiger partial charge in [-0.15, -0.1) is 0 Å². The highest BCUT2D eigenvalue weighted by molar-refractivity contribution is 6.07. The molecule has 3 heterocycles. The zero-order valence-electron chi connectivity index (χ0n) is 38.8. The van der Waals surface area contributed by atoms with Crippen LogP contribution in [0.15, 0.2) is 113 Å². The van der Waals surface area contributed by atoms with Crippen molar-refractivity contribution in [1.82, 2.24) is 16.0 Å². The Kier molecular flexibility index (Phi) is 13.7. The number of aliphatic hydroxyl groups is 1. The number of aromatic hydroxyl groups is 1. The summed E-state index contributed by atoms with van der Waals surface area (Å²) in [6.07, 6.45) is 14.1. The van der Waals surface area contributed by atoms with Crippen LogP contribution in [0.25, 0.3) is 16.7 Å². The van der Waals surface area contributed by atoms with Gasteiger partial charge in [-0.05, 0) is 190 Å². The van der Waals surface area contributed by atoms with Crippen LogP contribution in [0.3, 0.4) is 0 Å². The molecule has 8 unspecified atom stereocenters. The van der Waals surface area contributed by atoms with E-state index in [0.717, 1.165) is 91.4 Å². The lowest BCUT2D eigenvalue weighted by molar-refractivity contribution is -0.135. The van der Waals surface area contributed by atoms with Crippen molar-refractivity contribution in [2.75, 3.05) is 26.7 Å². The second-order valence-corrected chi connectivity index (χ2v) is 20.1. The van der Waals surface area contributed by atoms with E-state index in [0.29, 0.717) is 60.3 Å². The molecule has 3 aromatic carbocycles. The minimum absolute atomic E-state index is 0.0309. The minimum Gasteiger partial charge on any atom is -0.508 e. The summed E-state index contributed by atoms with van der Waals surface area (Å²) in [6.45, 7) is 9.38. The number of fused-ring (bicyclic) bond motifs is 1. The third-order valence-corrected chi connectivity index (χ3v) is 15.8. The zero-order chi connectivity index (χ0) is 45.2. The van der Waals surface area contributed by atoms with Crippen LogP contribution in [0.5, 0.6) is 5.75 Å². The molecule has 3 aromatic rings. The third kappa shape index (κ3) is 8.82. The number of aliphatic hydroxyl groups excluding tert-OH is 1. The van der Waals surface area contributed by atoms with E-state index in [1.54, 1.807) is 6.07 Å². The first kappa shape index (κ1) is 45.4. The lowest BCUT2D eigenvalue weighted by Crippen LogP contribution is -2.52. The van der Waals surface area contributed by atoms with Gasteiger partial charge in [0.2, 0.25) is 0 Å². The molecule has 10 rings (SSSR count). The standard InChI is InChI=1S/C56H69N3O6/c1-5-35(27-36-12-7-6-8-13-36)29-48-56-24-22-43(50(53(56)55(63)65-48)46-31-41(61)17-18-42(46)39-15-9-14-37(28-39)32-57-4)44-19-20-45-47(64-54(62)51(45)52(44)56)21-16-40(33-60)38-23-26-59-49(30-38)58-25-10-11-34(2)3/h6-9,12-15,17-18,21,28-29,31,34-35,38,40,43-44,49,52,57-61H,5,10-11,16,19-20,22-27,30,32-33H2,1-4H3. The topological polar surface area (TPSA) is 129 Å². The molecule has 344 valence electrons. The molecule has 2 bridgehead atoms. The Morgan fingerprint density at radius 2 is 1.77 bits per heavy atom. The molecule has 8 atom stereocenters. The van der Waals surface area contributed by atoms with Crippen LogP contribution in [0.4, 0.5) is 0 Å². The van der Waals surface area contributed by atoms with Gasteiger partial charge >= 0.3 is 11.9 Å². The number of carbonyl (C=O) groups is 2. The van der Waals surface area contributed by atoms with Gasteiger partial charge in [0.15, 0.2) is 0 Å². The van der Waals surface area contributed by atoms with Crippen molar-refractivity contribution >= 4 is 17.5 Å². The maximum Gasteiger partial charge on any atom is 0.340 e. The first-order valence-corrected chi connectivity index (χ1v) is 24.7. The number of esters is 2. The SMILES string of the molecule is CCC(C=C1OC(=O)C2=C(c3cc(O)ccc3-c3cccc(CNC)c3)C3CCC12C1C2=C(CCC31)C(=CCC(CO)C1CCNC(NCCCC(C)C)C1)OC2=O)Cc1ccccc1. The van der Waals surface area contributed by atoms with E-state index in [-0.39, 0.29) is 60.1 Å². The Hall–Kier alpha value is -4.80. The summed E-state index contributed by atoms with van der Waals surface area (Å²) in [5.74, 6) is 1.69. The van der Waals surface area contributed by atoms with E-state index < -0.39 is 5.41 Å². The summed E-state index contributed by atoms with van der Waals surface area (Å²) < 4.78 is 12.9. The lowest BCUT2D eigenvalue weighted by Gasteiger charge is -2.56. The summed E-state index contributed by atoms with van der Waals surface area (Å²) in [5, 5.41) is 32.6. The number of nitrogens with one attached hydrogen (secondary N) is 3. The van der Waals surface area contributed by atoms with Crippen molar-refractivity contribution in [1.29, 1.82) is 0 Å². The summed E-state index contributed by atoms with van der Waals surface area (Å²) in [7, 11) is 1.94. The molecule has 1 spiro atoms. The van der Waals surface area contributed by atoms with Gasteiger partial charge in [-0.3, -0.25) is 0 Å². The highest BCUT2D eigenvalue weighted by Gasteiger charge is 2.68. The lowest BCUT2D eigenvalue weighted by atomic mass is 9.44. The van der Waals surface area contributed by atoms with Crippen LogP contribution in [0.2, 0.25) is 0 Å². The maximum atomic E-state index is 14.9. The monoisotopic (exact) mass is 880 g/mol. The van der Waals surface area contributed by atoms with Crippen LogP contribution >= 0.6 is 0 Å². The van der Waals surface area contributed by atoms with Gasteiger partial charge in [-0.25, -0.2) is 9.59 Å². The van der Waals surface area contributed by atoms with Crippen LogP contribution in [0, 0.1) is 46.8 Å². The van der Waals surface area contributed by atoms with E-state index in [1.165, 1.54) is 12.0 Å². The fourth-order valence-corrected chi connectivity index (χ4v) is 12.7. The van der Waals surface area contributed by atoms with E-state index in [2.05, 4.69) is 97.4 Å². The molecular formula is C56H69N3O6. The Labute approximate surface area is 385 Å². The minimum atomic E-state index is -0.873. The van der Waals surface area contributed by atoms with Crippen molar-refractivity contribution in [3.8, 4) is 16.9 Å². The first-order valence-electron chi connectivity index (χ1n) is 24.7. The predicted molar refractivity (Wildman–Crippen MR) is 256 cm³/mol. The van der Waals surface area contributed by atoms with Crippen LogP contribution < -0.4 is 16.0 Å². The van der Waals surface area contributed by atoms with Gasteiger partial charge in [-0.1, -0.05) is 75.4 Å². The van der Waals surface area contributed by atoms with Gasteiger partial charge in [0.05, 0.1) is 17.2 Å². The number of hydrogen-bond donors (Lipinski definition) is 5. The molecule has 1 saturated carbocycles. The number of allylic oxidation sites excluding steroid dienone is 5. The van der Waals surface area contributed by atoms with Crippen LogP contribution in [-0.2, 0) is 32.0 Å². The van der Waals surface area contributed by atoms with E-state index in [1.807, 2.05) is 25.2 Å². The van der Waals surface area contributed by atoms with E-state index in [9.17, 15) is 19.8 Å². The second kappa shape index (κ2) is 19.6. The molecule has 2 saturated heterocycles. The van der Waals surface area contributed by atoms with Crippen molar-refractivity contribution in [3.05, 3.63) is 130 Å². The molecule has 7 aliphatic rings. The normalized spacial score (nSPS) is 28.1. The predicted octanol–water partition coefficient (Wildman–Crippen LogP) is 9.77. The van der Waals surface area contributed by atoms with Gasteiger partial charge in [0, 0.05) is 30.2 Å². The number of hydrogen-bond acceptors (Lipinski definition) is 9. The molecule has 0 radical (unpaired) electrons. The zero-order valence-corrected chi connectivity index (χ0v) is 38.8. The number of cyclic esters (lactones) is 2. The summed E-state index contributed by atoms with van der Waals surface area (Å²) >= 11 is 0. The quantitative estimate of drug-likeness (QED) is 0.0665. The number of rotatable bonds is 17. The second-order valence-electron chi connectivity index (χ2n) is 20.1. The number of phenolic OH excluding ortho intramolecular Hbond substituents is 1. The third-order valence-electron chi connectivity index (χ3n) is 15.8. The van der Waals surface area contributed by atoms with Crippen molar-refractivity contribution in [2.45, 2.75) is 104 Å². The highest BCUT2D eigenvalue weighted by Crippen LogP contribution is 2.72. The molecule has 9 heteroatoms. The Bertz CT molecular complexity index is 2380. The molecule has 5 N–H and O–H groups in total. The van der Waals surface area contributed by atoms with E-state index >= 15 is 0 Å². The molecule has 3 fully saturated rings. The fourth-order valence-electron chi connectivity index (χ4n) is 12.7. The van der Waals surface area contributed by atoms with Crippen LogP contribution in [-0.4, -0.2) is 55.1 Å². The van der Waals surface area contributed by atoms with Gasteiger partial charge in [0.1, 0.15) is 17.3 Å². The molecule has 0 aromatic heterocycles. The molecule has 4 aliphatic carbocycles. The van der Waals surface area contributed by atoms with Crippen molar-refractivity contribution in [3.63, 3.8) is 0 Å². The number of piperidine rings is 1. The molecule has 65 heavy (non-hydrogen) atoms. The average molecular weight is 880 g/mol. The number of benzene rings is 3. The van der Waals surface area contributed by atoms with Gasteiger partial charge in [-0.2, -0.15) is 0 Å². The Morgan fingerprint density at radius 1 is 0.938 bits per heavy atom. The fraction of sp³-hybridized carbons (Fsp3) is 0.500. The van der Waals surface area contributed by atoms with Crippen molar-refractivity contribution < 1.29 is 29.3 Å². The highest BCUT2D eigenvalue weighted by atomic mass is 16.5. The number of carbonyl (C=O) groups excluding carboxylic acids is 2. The summed E-state index contributed by atoms with van der Waals surface area (Å²) in [4.78, 5) is 29.5. The Balaban J connectivity index is 1.11. The summed E-state index contributed by atoms with van der Waals surface area (Å²) in [6, 6.07) is 24.5. The first-order chi connectivity index (χ1) is 31.6. The van der Waals surface area contributed by atoms with Gasteiger partial charge < -0.3 is 35.6 Å². The maximum absolute atomic E-state index is 14.9. The molecule has 9 nitrogen and oxygen atoms in total. The Morgan fingerprint density at radius 3 is 2.55 bits per heavy atom. The largest absolute Gasteiger partial charge is 0.508 e. The smallest absolute Gasteiger partial charge is 0.340 e. The van der Waals surface area contributed by atoms with Crippen LogP contribution in [0.1, 0.15) is 102 Å². The number of phenols is 1. The molecule has 3 aliphatic heterocycles. The van der Waals surface area contributed by atoms with E-state index in [4.69, 9.17) is 9.47 Å². The van der Waals surface area contributed by atoms with Crippen molar-refractivity contribution in [2.24, 2.45) is 46.8 Å². The molecule has 0 amide bonds. The number of ether oxygens (including phenoxy) is 2.